The van der Waals surface area contributed by atoms with Gasteiger partial charge >= 0.3 is 5.97 Å². The number of rotatable bonds is 8. The number of esters is 1. The molecule has 1 N–H and O–H groups in total. The number of carbonyl (C=O) groups is 2. The monoisotopic (exact) mass is 436 g/mol. The van der Waals surface area contributed by atoms with E-state index in [0.717, 1.165) is 6.42 Å². The minimum atomic E-state index is -0.524. The zero-order valence-electron chi connectivity index (χ0n) is 16.9. The predicted molar refractivity (Wildman–Crippen MR) is 120 cm³/mol. The van der Waals surface area contributed by atoms with Crippen LogP contribution in [0.1, 0.15) is 28.4 Å². The molecule has 0 aromatic heterocycles. The molecule has 0 fully saturated rings. The van der Waals surface area contributed by atoms with Crippen molar-refractivity contribution in [2.45, 2.75) is 13.3 Å². The Hall–Kier alpha value is -3.64. The van der Waals surface area contributed by atoms with E-state index in [1.54, 1.807) is 48.5 Å². The van der Waals surface area contributed by atoms with Crippen LogP contribution in [0.25, 0.3) is 0 Å². The minimum Gasteiger partial charge on any atom is -0.484 e. The highest BCUT2D eigenvalue weighted by Gasteiger charge is 2.11. The summed E-state index contributed by atoms with van der Waals surface area (Å²) >= 11 is 5.84. The van der Waals surface area contributed by atoms with E-state index >= 15 is 0 Å². The minimum absolute atomic E-state index is 0.171. The van der Waals surface area contributed by atoms with Gasteiger partial charge in [-0.3, -0.25) is 4.79 Å². The Kier molecular flexibility index (Phi) is 7.79. The number of aryl methyl sites for hydroxylation is 1. The van der Waals surface area contributed by atoms with Crippen LogP contribution in [0.5, 0.6) is 11.5 Å². The third-order valence-electron chi connectivity index (χ3n) is 4.30. The number of hydrogen-bond donors (Lipinski definition) is 1. The number of hydrogen-bond acceptors (Lipinski definition) is 5. The molecular formula is C24H21ClN2O4. The molecule has 0 unspecified atom stereocenters. The molecule has 0 aliphatic rings. The van der Waals surface area contributed by atoms with Crippen LogP contribution in [-0.4, -0.2) is 24.7 Å². The summed E-state index contributed by atoms with van der Waals surface area (Å²) in [6, 6.07) is 20.8. The van der Waals surface area contributed by atoms with Crippen molar-refractivity contribution in [2.24, 2.45) is 5.10 Å². The molecule has 3 aromatic rings. The van der Waals surface area contributed by atoms with Gasteiger partial charge in [-0.25, -0.2) is 10.2 Å². The molecule has 0 radical (unpaired) electrons. The van der Waals surface area contributed by atoms with Crippen LogP contribution in [0.15, 0.2) is 77.9 Å². The fraction of sp³-hybridized carbons (Fsp3) is 0.125. The molecule has 0 aliphatic carbocycles. The average Bonchev–Trinajstić information content (AvgIpc) is 2.79. The van der Waals surface area contributed by atoms with Gasteiger partial charge in [0.15, 0.2) is 6.61 Å². The van der Waals surface area contributed by atoms with Crippen molar-refractivity contribution in [3.05, 3.63) is 94.5 Å². The van der Waals surface area contributed by atoms with Crippen molar-refractivity contribution in [1.82, 2.24) is 5.43 Å². The standard InChI is InChI=1S/C24H21ClN2O4/c1-2-17-7-13-21(14-8-17)30-16-23(28)27-26-15-19-5-3-4-6-22(19)31-24(29)18-9-11-20(25)12-10-18/h3-15H,2,16H2,1H3,(H,27,28)/b26-15+. The van der Waals surface area contributed by atoms with E-state index in [9.17, 15) is 9.59 Å². The number of halogens is 1. The number of nitrogens with one attached hydrogen (secondary N) is 1. The van der Waals surface area contributed by atoms with Crippen LogP contribution in [0, 0.1) is 0 Å². The van der Waals surface area contributed by atoms with Gasteiger partial charge in [0.05, 0.1) is 11.8 Å². The molecule has 0 bridgehead atoms. The molecule has 31 heavy (non-hydrogen) atoms. The van der Waals surface area contributed by atoms with E-state index in [-0.39, 0.29) is 6.61 Å². The smallest absolute Gasteiger partial charge is 0.343 e. The summed E-state index contributed by atoms with van der Waals surface area (Å²) in [6.45, 7) is 1.90. The molecule has 3 aromatic carbocycles. The summed E-state index contributed by atoms with van der Waals surface area (Å²) < 4.78 is 10.9. The molecule has 158 valence electrons. The van der Waals surface area contributed by atoms with Gasteiger partial charge in [0.1, 0.15) is 11.5 Å². The third kappa shape index (κ3) is 6.69. The molecule has 7 heteroatoms. The molecule has 0 heterocycles. The van der Waals surface area contributed by atoms with Crippen LogP contribution < -0.4 is 14.9 Å². The SMILES string of the molecule is CCc1ccc(OCC(=O)N/N=C/c2ccccc2OC(=O)c2ccc(Cl)cc2)cc1. The summed E-state index contributed by atoms with van der Waals surface area (Å²) in [5.74, 6) is -0.0148. The zero-order chi connectivity index (χ0) is 22.1. The number of carbonyl (C=O) groups excluding carboxylic acids is 2. The Morgan fingerprint density at radius 1 is 1.00 bits per heavy atom. The fourth-order valence-electron chi connectivity index (χ4n) is 2.60. The van der Waals surface area contributed by atoms with Crippen LogP contribution in [0.3, 0.4) is 0 Å². The predicted octanol–water partition coefficient (Wildman–Crippen LogP) is 4.65. The molecule has 3 rings (SSSR count). The van der Waals surface area contributed by atoms with Crippen molar-refractivity contribution >= 4 is 29.7 Å². The number of hydrazone groups is 1. The number of nitrogens with zero attached hydrogens (tertiary/aromatic N) is 1. The van der Waals surface area contributed by atoms with Gasteiger partial charge in [0.2, 0.25) is 0 Å². The Bertz CT molecular complexity index is 1060. The second-order valence-electron chi connectivity index (χ2n) is 6.51. The Labute approximate surface area is 185 Å². The highest BCUT2D eigenvalue weighted by Crippen LogP contribution is 2.18. The van der Waals surface area contributed by atoms with Gasteiger partial charge < -0.3 is 9.47 Å². The first kappa shape index (κ1) is 22.1. The van der Waals surface area contributed by atoms with Gasteiger partial charge in [-0.05, 0) is 60.5 Å². The maximum absolute atomic E-state index is 12.3. The summed E-state index contributed by atoms with van der Waals surface area (Å²) in [5.41, 5.74) is 4.48. The largest absolute Gasteiger partial charge is 0.484 e. The highest BCUT2D eigenvalue weighted by molar-refractivity contribution is 6.30. The number of benzene rings is 3. The summed E-state index contributed by atoms with van der Waals surface area (Å²) in [6.07, 6.45) is 2.34. The van der Waals surface area contributed by atoms with Crippen LogP contribution >= 0.6 is 11.6 Å². The van der Waals surface area contributed by atoms with Gasteiger partial charge in [0, 0.05) is 10.6 Å². The molecule has 0 saturated carbocycles. The van der Waals surface area contributed by atoms with E-state index in [0.29, 0.717) is 27.6 Å². The zero-order valence-corrected chi connectivity index (χ0v) is 17.6. The van der Waals surface area contributed by atoms with Gasteiger partial charge in [-0.1, -0.05) is 42.8 Å². The summed E-state index contributed by atoms with van der Waals surface area (Å²) in [7, 11) is 0. The highest BCUT2D eigenvalue weighted by atomic mass is 35.5. The lowest BCUT2D eigenvalue weighted by Gasteiger charge is -2.08. The molecule has 0 aliphatic heterocycles. The lowest BCUT2D eigenvalue weighted by atomic mass is 10.2. The van der Waals surface area contributed by atoms with Crippen LogP contribution in [0.4, 0.5) is 0 Å². The van der Waals surface area contributed by atoms with Crippen molar-refractivity contribution in [1.29, 1.82) is 0 Å². The molecular weight excluding hydrogens is 416 g/mol. The maximum atomic E-state index is 12.3. The van der Waals surface area contributed by atoms with E-state index in [2.05, 4.69) is 17.5 Å². The van der Waals surface area contributed by atoms with Crippen molar-refractivity contribution in [3.63, 3.8) is 0 Å². The first-order valence-electron chi connectivity index (χ1n) is 9.65. The maximum Gasteiger partial charge on any atom is 0.343 e. The van der Waals surface area contributed by atoms with E-state index in [1.807, 2.05) is 24.3 Å². The Morgan fingerprint density at radius 3 is 2.42 bits per heavy atom. The number of para-hydroxylation sites is 1. The van der Waals surface area contributed by atoms with Gasteiger partial charge in [-0.15, -0.1) is 0 Å². The van der Waals surface area contributed by atoms with Gasteiger partial charge in [-0.2, -0.15) is 5.10 Å². The first-order chi connectivity index (χ1) is 15.0. The normalized spacial score (nSPS) is 10.6. The third-order valence-corrected chi connectivity index (χ3v) is 4.55. The lowest BCUT2D eigenvalue weighted by Crippen LogP contribution is -2.24. The topological polar surface area (TPSA) is 77.0 Å². The summed E-state index contributed by atoms with van der Waals surface area (Å²) in [4.78, 5) is 24.3. The quantitative estimate of drug-likeness (QED) is 0.241. The molecule has 6 nitrogen and oxygen atoms in total. The molecule has 0 saturated heterocycles. The van der Waals surface area contributed by atoms with Crippen LogP contribution in [0.2, 0.25) is 5.02 Å². The molecule has 1 amide bonds. The van der Waals surface area contributed by atoms with Crippen molar-refractivity contribution < 1.29 is 19.1 Å². The van der Waals surface area contributed by atoms with E-state index in [4.69, 9.17) is 21.1 Å². The number of ether oxygens (including phenoxy) is 2. The van der Waals surface area contributed by atoms with Gasteiger partial charge in [0.25, 0.3) is 5.91 Å². The average molecular weight is 437 g/mol. The first-order valence-corrected chi connectivity index (χ1v) is 10.0. The van der Waals surface area contributed by atoms with Crippen molar-refractivity contribution in [3.8, 4) is 11.5 Å². The Morgan fingerprint density at radius 2 is 1.71 bits per heavy atom. The Balaban J connectivity index is 1.55. The second-order valence-corrected chi connectivity index (χ2v) is 6.95. The summed E-state index contributed by atoms with van der Waals surface area (Å²) in [5, 5.41) is 4.45. The number of amides is 1. The van der Waals surface area contributed by atoms with E-state index < -0.39 is 11.9 Å². The van der Waals surface area contributed by atoms with E-state index in [1.165, 1.54) is 11.8 Å². The second kappa shape index (κ2) is 10.9. The lowest BCUT2D eigenvalue weighted by molar-refractivity contribution is -0.123. The van der Waals surface area contributed by atoms with Crippen molar-refractivity contribution in [2.75, 3.05) is 6.61 Å². The fourth-order valence-corrected chi connectivity index (χ4v) is 2.73. The van der Waals surface area contributed by atoms with Crippen LogP contribution in [-0.2, 0) is 11.2 Å². The molecule has 0 atom stereocenters. The molecule has 0 spiro atoms.